The second kappa shape index (κ2) is 8.22. The molecular formula is C21H26N2O4S. The van der Waals surface area contributed by atoms with Gasteiger partial charge in [-0.3, -0.25) is 9.10 Å². The van der Waals surface area contributed by atoms with E-state index in [-0.39, 0.29) is 12.5 Å². The van der Waals surface area contributed by atoms with Crippen molar-refractivity contribution in [1.82, 2.24) is 5.32 Å². The molecule has 1 amide bonds. The minimum Gasteiger partial charge on any atom is -0.476 e. The highest BCUT2D eigenvalue weighted by Crippen LogP contribution is 2.34. The minimum absolute atomic E-state index is 0.0369. The van der Waals surface area contributed by atoms with E-state index >= 15 is 0 Å². The van der Waals surface area contributed by atoms with Crippen LogP contribution >= 0.6 is 0 Å². The lowest BCUT2D eigenvalue weighted by Crippen LogP contribution is -2.50. The summed E-state index contributed by atoms with van der Waals surface area (Å²) in [6, 6.07) is 15.2. The lowest BCUT2D eigenvalue weighted by Gasteiger charge is -2.33. The molecule has 0 spiro atoms. The number of ether oxygens (including phenoxy) is 1. The highest BCUT2D eigenvalue weighted by atomic mass is 32.2. The van der Waals surface area contributed by atoms with Crippen molar-refractivity contribution in [2.45, 2.75) is 32.3 Å². The standard InChI is InChI=1S/C21H26N2O4S/c1-15(2)17-10-8-16(9-11-17)12-13-22-21(24)20-14-23(28(3,25)26)18-6-4-5-7-19(18)27-20/h4-11,15,20H,12-14H2,1-3H3,(H,22,24)/t20-/m0/s1. The number of hydrogen-bond acceptors (Lipinski definition) is 4. The van der Waals surface area contributed by atoms with Gasteiger partial charge in [-0.2, -0.15) is 0 Å². The van der Waals surface area contributed by atoms with Crippen molar-refractivity contribution in [1.29, 1.82) is 0 Å². The second-order valence-electron chi connectivity index (χ2n) is 7.31. The fourth-order valence-electron chi connectivity index (χ4n) is 3.17. The summed E-state index contributed by atoms with van der Waals surface area (Å²) < 4.78 is 31.2. The van der Waals surface area contributed by atoms with Crippen LogP contribution < -0.4 is 14.4 Å². The average Bonchev–Trinajstić information content (AvgIpc) is 2.66. The van der Waals surface area contributed by atoms with Crippen LogP contribution in [-0.4, -0.2) is 39.8 Å². The highest BCUT2D eigenvalue weighted by Gasteiger charge is 2.34. The van der Waals surface area contributed by atoms with Crippen LogP contribution in [0.4, 0.5) is 5.69 Å². The van der Waals surface area contributed by atoms with Gasteiger partial charge in [0.15, 0.2) is 6.10 Å². The lowest BCUT2D eigenvalue weighted by molar-refractivity contribution is -0.127. The maximum atomic E-state index is 12.6. The van der Waals surface area contributed by atoms with Gasteiger partial charge in [0.25, 0.3) is 5.91 Å². The Balaban J connectivity index is 1.62. The summed E-state index contributed by atoms with van der Waals surface area (Å²) in [7, 11) is -3.51. The molecule has 1 heterocycles. The number of benzene rings is 2. The maximum absolute atomic E-state index is 12.6. The molecule has 2 aromatic carbocycles. The number of sulfonamides is 1. The molecule has 3 rings (SSSR count). The molecule has 1 aliphatic rings. The first kappa shape index (κ1) is 20.2. The molecule has 0 saturated carbocycles. The number of anilines is 1. The van der Waals surface area contributed by atoms with Crippen LogP contribution in [0, 0.1) is 0 Å². The van der Waals surface area contributed by atoms with Gasteiger partial charge >= 0.3 is 0 Å². The van der Waals surface area contributed by atoms with Crippen molar-refractivity contribution in [3.8, 4) is 5.75 Å². The number of amides is 1. The van der Waals surface area contributed by atoms with Gasteiger partial charge in [-0.15, -0.1) is 0 Å². The lowest BCUT2D eigenvalue weighted by atomic mass is 10.0. The van der Waals surface area contributed by atoms with Crippen LogP contribution in [0.5, 0.6) is 5.75 Å². The Labute approximate surface area is 166 Å². The predicted octanol–water partition coefficient (Wildman–Crippen LogP) is 2.70. The number of carbonyl (C=O) groups excluding carboxylic acids is 1. The number of nitrogens with zero attached hydrogens (tertiary/aromatic N) is 1. The van der Waals surface area contributed by atoms with Crippen molar-refractivity contribution in [2.24, 2.45) is 0 Å². The molecule has 7 heteroatoms. The molecule has 2 aromatic rings. The third-order valence-electron chi connectivity index (χ3n) is 4.79. The van der Waals surface area contributed by atoms with Crippen LogP contribution in [0.1, 0.15) is 30.9 Å². The summed E-state index contributed by atoms with van der Waals surface area (Å²) in [5.41, 5.74) is 2.87. The fourth-order valence-corrected chi connectivity index (χ4v) is 4.08. The first-order valence-corrected chi connectivity index (χ1v) is 11.2. The molecule has 0 aliphatic carbocycles. The van der Waals surface area contributed by atoms with Gasteiger partial charge in [0, 0.05) is 6.54 Å². The van der Waals surface area contributed by atoms with Crippen molar-refractivity contribution in [2.75, 3.05) is 23.7 Å². The number of hydrogen-bond donors (Lipinski definition) is 1. The van der Waals surface area contributed by atoms with Crippen molar-refractivity contribution in [3.05, 3.63) is 59.7 Å². The molecule has 1 aliphatic heterocycles. The number of carbonyl (C=O) groups is 1. The number of rotatable bonds is 6. The number of para-hydroxylation sites is 2. The summed E-state index contributed by atoms with van der Waals surface area (Å²) >= 11 is 0. The zero-order valence-corrected chi connectivity index (χ0v) is 17.2. The molecule has 0 unspecified atom stereocenters. The fraction of sp³-hybridized carbons (Fsp3) is 0.381. The van der Waals surface area contributed by atoms with E-state index in [1.54, 1.807) is 24.3 Å². The Morgan fingerprint density at radius 1 is 1.18 bits per heavy atom. The maximum Gasteiger partial charge on any atom is 0.263 e. The Kier molecular flexibility index (Phi) is 5.93. The van der Waals surface area contributed by atoms with Crippen molar-refractivity contribution in [3.63, 3.8) is 0 Å². The Hall–Kier alpha value is -2.54. The zero-order valence-electron chi connectivity index (χ0n) is 16.4. The third kappa shape index (κ3) is 4.65. The van der Waals surface area contributed by atoms with Crippen molar-refractivity contribution >= 4 is 21.6 Å². The first-order chi connectivity index (χ1) is 13.3. The van der Waals surface area contributed by atoms with E-state index in [4.69, 9.17) is 4.74 Å². The molecule has 0 aromatic heterocycles. The monoisotopic (exact) mass is 402 g/mol. The topological polar surface area (TPSA) is 75.7 Å². The molecule has 0 bridgehead atoms. The van der Waals surface area contributed by atoms with E-state index in [1.165, 1.54) is 9.87 Å². The summed E-state index contributed by atoms with van der Waals surface area (Å²) in [6.45, 7) is 4.72. The zero-order chi connectivity index (χ0) is 20.3. The number of fused-ring (bicyclic) bond motifs is 1. The van der Waals surface area contributed by atoms with Gasteiger partial charge < -0.3 is 10.1 Å². The van der Waals surface area contributed by atoms with Gasteiger partial charge in [-0.1, -0.05) is 50.2 Å². The minimum atomic E-state index is -3.51. The van der Waals surface area contributed by atoms with Gasteiger partial charge in [0.05, 0.1) is 18.5 Å². The number of nitrogens with one attached hydrogen (secondary N) is 1. The molecule has 0 saturated heterocycles. The average molecular weight is 403 g/mol. The Bertz CT molecular complexity index is 939. The van der Waals surface area contributed by atoms with Crippen LogP contribution in [0.25, 0.3) is 0 Å². The van der Waals surface area contributed by atoms with Crippen LogP contribution in [0.15, 0.2) is 48.5 Å². The molecule has 6 nitrogen and oxygen atoms in total. The largest absolute Gasteiger partial charge is 0.476 e. The van der Waals surface area contributed by atoms with Crippen LogP contribution in [-0.2, 0) is 21.2 Å². The quantitative estimate of drug-likeness (QED) is 0.806. The predicted molar refractivity (Wildman–Crippen MR) is 110 cm³/mol. The van der Waals surface area contributed by atoms with E-state index in [9.17, 15) is 13.2 Å². The summed E-state index contributed by atoms with van der Waals surface area (Å²) in [4.78, 5) is 12.6. The van der Waals surface area contributed by atoms with Crippen LogP contribution in [0.3, 0.4) is 0 Å². The Morgan fingerprint density at radius 2 is 1.86 bits per heavy atom. The van der Waals surface area contributed by atoms with E-state index in [2.05, 4.69) is 43.4 Å². The van der Waals surface area contributed by atoms with E-state index in [0.29, 0.717) is 30.3 Å². The molecule has 150 valence electrons. The molecule has 0 radical (unpaired) electrons. The highest BCUT2D eigenvalue weighted by molar-refractivity contribution is 7.92. The summed E-state index contributed by atoms with van der Waals surface area (Å²) in [5.74, 6) is 0.559. The summed E-state index contributed by atoms with van der Waals surface area (Å²) in [5, 5.41) is 2.86. The van der Waals surface area contributed by atoms with E-state index in [0.717, 1.165) is 11.8 Å². The summed E-state index contributed by atoms with van der Waals surface area (Å²) in [6.07, 6.45) is 0.946. The molecule has 0 fully saturated rings. The Morgan fingerprint density at radius 3 is 2.50 bits per heavy atom. The molecule has 1 atom stereocenters. The van der Waals surface area contributed by atoms with Crippen molar-refractivity contribution < 1.29 is 17.9 Å². The van der Waals surface area contributed by atoms with Crippen LogP contribution in [0.2, 0.25) is 0 Å². The van der Waals surface area contributed by atoms with Gasteiger partial charge in [0.2, 0.25) is 10.0 Å². The SMILES string of the molecule is CC(C)c1ccc(CCNC(=O)[C@@H]2CN(S(C)(=O)=O)c3ccccc3O2)cc1. The smallest absolute Gasteiger partial charge is 0.263 e. The first-order valence-electron chi connectivity index (χ1n) is 9.35. The normalized spacial score (nSPS) is 16.4. The second-order valence-corrected chi connectivity index (χ2v) is 9.21. The van der Waals surface area contributed by atoms with Gasteiger partial charge in [0.1, 0.15) is 5.75 Å². The van der Waals surface area contributed by atoms with Gasteiger partial charge in [-0.25, -0.2) is 8.42 Å². The molecule has 1 N–H and O–H groups in total. The van der Waals surface area contributed by atoms with E-state index in [1.807, 2.05) is 0 Å². The third-order valence-corrected chi connectivity index (χ3v) is 5.93. The van der Waals surface area contributed by atoms with E-state index < -0.39 is 16.1 Å². The van der Waals surface area contributed by atoms with Gasteiger partial charge in [-0.05, 0) is 35.6 Å². The molecular weight excluding hydrogens is 376 g/mol. The molecule has 28 heavy (non-hydrogen) atoms.